The Kier molecular flexibility index (Phi) is 4.53. The van der Waals surface area contributed by atoms with Gasteiger partial charge in [0.05, 0.1) is 13.0 Å². The van der Waals surface area contributed by atoms with Crippen molar-refractivity contribution in [2.75, 3.05) is 6.61 Å². The molecule has 0 aromatic heterocycles. The van der Waals surface area contributed by atoms with Crippen molar-refractivity contribution in [1.82, 2.24) is 0 Å². The molecule has 0 atom stereocenters. The molecule has 0 aliphatic rings. The van der Waals surface area contributed by atoms with Gasteiger partial charge in [0.15, 0.2) is 0 Å². The molecule has 0 radical (unpaired) electrons. The van der Waals surface area contributed by atoms with Crippen molar-refractivity contribution in [3.05, 3.63) is 0 Å². The maximum atomic E-state index is 9.74. The van der Waals surface area contributed by atoms with Gasteiger partial charge in [-0.05, 0) is 0 Å². The minimum absolute atomic E-state index is 0.159. The van der Waals surface area contributed by atoms with E-state index >= 15 is 0 Å². The standard InChI is InChI=1S/C3H7O5P/c4-3(5)1-2-8-9(6)7/h6-7H,1-2H2,(H,4,5). The highest BCUT2D eigenvalue weighted by molar-refractivity contribution is 7.39. The van der Waals surface area contributed by atoms with Crippen LogP contribution in [0.3, 0.4) is 0 Å². The summed E-state index contributed by atoms with van der Waals surface area (Å²) in [6, 6.07) is 0. The largest absolute Gasteiger partial charge is 0.481 e. The Hall–Kier alpha value is -0.220. The molecule has 0 unspecified atom stereocenters. The Balaban J connectivity index is 3.01. The Morgan fingerprint density at radius 1 is 1.56 bits per heavy atom. The summed E-state index contributed by atoms with van der Waals surface area (Å²) in [5, 5.41) is 7.99. The Labute approximate surface area is 52.9 Å². The van der Waals surface area contributed by atoms with Crippen molar-refractivity contribution in [2.45, 2.75) is 6.42 Å². The maximum absolute atomic E-state index is 9.74. The number of carboxylic acid groups (broad SMARTS) is 1. The zero-order valence-corrected chi connectivity index (χ0v) is 5.41. The molecule has 0 aliphatic heterocycles. The molecule has 54 valence electrons. The first-order chi connectivity index (χ1) is 4.13. The third-order valence-corrected chi connectivity index (χ3v) is 0.936. The van der Waals surface area contributed by atoms with Crippen LogP contribution in [0.5, 0.6) is 0 Å². The molecule has 0 spiro atoms. The lowest BCUT2D eigenvalue weighted by molar-refractivity contribution is -0.137. The zero-order valence-electron chi connectivity index (χ0n) is 4.52. The van der Waals surface area contributed by atoms with E-state index < -0.39 is 14.6 Å². The van der Waals surface area contributed by atoms with E-state index in [9.17, 15) is 4.79 Å². The molecule has 6 heteroatoms. The predicted molar refractivity (Wildman–Crippen MR) is 29.6 cm³/mol. The third kappa shape index (κ3) is 7.78. The van der Waals surface area contributed by atoms with Gasteiger partial charge in [0.25, 0.3) is 0 Å². The van der Waals surface area contributed by atoms with E-state index in [4.69, 9.17) is 14.9 Å². The van der Waals surface area contributed by atoms with Crippen LogP contribution in [-0.4, -0.2) is 27.5 Å². The van der Waals surface area contributed by atoms with Gasteiger partial charge in [-0.25, -0.2) is 0 Å². The summed E-state index contributed by atoms with van der Waals surface area (Å²) in [6.45, 7) is -0.159. The van der Waals surface area contributed by atoms with Crippen LogP contribution in [0.15, 0.2) is 0 Å². The maximum Gasteiger partial charge on any atom is 0.327 e. The van der Waals surface area contributed by atoms with Crippen molar-refractivity contribution in [2.24, 2.45) is 0 Å². The van der Waals surface area contributed by atoms with Gasteiger partial charge in [-0.1, -0.05) is 0 Å². The summed E-state index contributed by atoms with van der Waals surface area (Å²) < 4.78 is 4.15. The molecule has 0 fully saturated rings. The quantitative estimate of drug-likeness (QED) is 0.483. The Morgan fingerprint density at radius 2 is 2.11 bits per heavy atom. The van der Waals surface area contributed by atoms with Gasteiger partial charge in [0.1, 0.15) is 0 Å². The molecule has 3 N–H and O–H groups in total. The molecule has 0 aromatic carbocycles. The fourth-order valence-electron chi connectivity index (χ4n) is 0.215. The number of carbonyl (C=O) groups is 1. The van der Waals surface area contributed by atoms with Crippen LogP contribution in [0.2, 0.25) is 0 Å². The van der Waals surface area contributed by atoms with Gasteiger partial charge < -0.3 is 19.4 Å². The molecule has 0 aromatic rings. The van der Waals surface area contributed by atoms with E-state index in [1.165, 1.54) is 0 Å². The second-order valence-corrected chi connectivity index (χ2v) is 1.99. The van der Waals surface area contributed by atoms with E-state index in [2.05, 4.69) is 4.52 Å². The molecule has 0 saturated carbocycles. The van der Waals surface area contributed by atoms with Crippen LogP contribution in [0, 0.1) is 0 Å². The van der Waals surface area contributed by atoms with Crippen LogP contribution < -0.4 is 0 Å². The van der Waals surface area contributed by atoms with Crippen molar-refractivity contribution in [3.8, 4) is 0 Å². The lowest BCUT2D eigenvalue weighted by atomic mass is 10.5. The van der Waals surface area contributed by atoms with E-state index in [0.29, 0.717) is 0 Å². The monoisotopic (exact) mass is 154 g/mol. The topological polar surface area (TPSA) is 87.0 Å². The van der Waals surface area contributed by atoms with Crippen LogP contribution in [-0.2, 0) is 9.32 Å². The summed E-state index contributed by atoms with van der Waals surface area (Å²) in [6.07, 6.45) is -0.208. The molecule has 5 nitrogen and oxygen atoms in total. The minimum Gasteiger partial charge on any atom is -0.481 e. The minimum atomic E-state index is -2.39. The third-order valence-electron chi connectivity index (χ3n) is 0.523. The molecule has 9 heavy (non-hydrogen) atoms. The second-order valence-electron chi connectivity index (χ2n) is 1.23. The molecule has 0 heterocycles. The number of aliphatic carboxylic acids is 1. The summed E-state index contributed by atoms with van der Waals surface area (Å²) in [5.41, 5.74) is 0. The van der Waals surface area contributed by atoms with Gasteiger partial charge in [-0.15, -0.1) is 0 Å². The molecule has 0 saturated heterocycles. The lowest BCUT2D eigenvalue weighted by Crippen LogP contribution is -1.99. The van der Waals surface area contributed by atoms with Crippen LogP contribution in [0.1, 0.15) is 6.42 Å². The summed E-state index contributed by atoms with van der Waals surface area (Å²) in [5.74, 6) is -1.02. The zero-order chi connectivity index (χ0) is 7.28. The highest BCUT2D eigenvalue weighted by atomic mass is 31.2. The van der Waals surface area contributed by atoms with Crippen LogP contribution in [0.25, 0.3) is 0 Å². The SMILES string of the molecule is O=C(O)CCOP(O)O. The summed E-state index contributed by atoms with van der Waals surface area (Å²) in [4.78, 5) is 25.9. The Morgan fingerprint density at radius 3 is 2.44 bits per heavy atom. The molecule has 0 bridgehead atoms. The first-order valence-corrected chi connectivity index (χ1v) is 3.32. The van der Waals surface area contributed by atoms with Gasteiger partial charge in [-0.3, -0.25) is 4.79 Å². The smallest absolute Gasteiger partial charge is 0.327 e. The number of rotatable bonds is 4. The van der Waals surface area contributed by atoms with Crippen molar-refractivity contribution in [1.29, 1.82) is 0 Å². The lowest BCUT2D eigenvalue weighted by Gasteiger charge is -1.99. The van der Waals surface area contributed by atoms with Gasteiger partial charge in [-0.2, -0.15) is 0 Å². The van der Waals surface area contributed by atoms with Crippen molar-refractivity contribution in [3.63, 3.8) is 0 Å². The number of carboxylic acids is 1. The summed E-state index contributed by atoms with van der Waals surface area (Å²) >= 11 is 0. The van der Waals surface area contributed by atoms with Crippen LogP contribution in [0.4, 0.5) is 0 Å². The summed E-state index contributed by atoms with van der Waals surface area (Å²) in [7, 11) is -2.39. The average Bonchev–Trinajstić information content (AvgIpc) is 1.63. The number of hydrogen-bond donors (Lipinski definition) is 3. The fourth-order valence-corrected chi connectivity index (χ4v) is 0.469. The van der Waals surface area contributed by atoms with Crippen molar-refractivity contribution < 1.29 is 24.2 Å². The highest BCUT2D eigenvalue weighted by Crippen LogP contribution is 2.23. The first kappa shape index (κ1) is 8.78. The van der Waals surface area contributed by atoms with E-state index in [1.807, 2.05) is 0 Å². The van der Waals surface area contributed by atoms with E-state index in [1.54, 1.807) is 0 Å². The van der Waals surface area contributed by atoms with E-state index in [0.717, 1.165) is 0 Å². The Bertz CT molecular complexity index is 92.2. The molecular weight excluding hydrogens is 147 g/mol. The fraction of sp³-hybridized carbons (Fsp3) is 0.667. The normalized spacial score (nSPS) is 10.1. The van der Waals surface area contributed by atoms with E-state index in [-0.39, 0.29) is 13.0 Å². The first-order valence-electron chi connectivity index (χ1n) is 2.15. The van der Waals surface area contributed by atoms with Crippen molar-refractivity contribution >= 4 is 14.6 Å². The van der Waals surface area contributed by atoms with Gasteiger partial charge in [0.2, 0.25) is 0 Å². The van der Waals surface area contributed by atoms with Gasteiger partial charge in [0, 0.05) is 0 Å². The molecule has 0 amide bonds. The molecular formula is C3H7O5P. The molecule has 0 rings (SSSR count). The second kappa shape index (κ2) is 4.64. The van der Waals surface area contributed by atoms with Gasteiger partial charge >= 0.3 is 14.6 Å². The van der Waals surface area contributed by atoms with Crippen LogP contribution >= 0.6 is 8.60 Å². The number of hydrogen-bond acceptors (Lipinski definition) is 4. The highest BCUT2D eigenvalue weighted by Gasteiger charge is 2.00. The predicted octanol–water partition coefficient (Wildman–Crippen LogP) is -0.311. The molecule has 0 aliphatic carbocycles. The average molecular weight is 154 g/mol.